The van der Waals surface area contributed by atoms with Crippen LogP contribution in [0.5, 0.6) is 5.75 Å². The lowest BCUT2D eigenvalue weighted by atomic mass is 10.1. The van der Waals surface area contributed by atoms with Gasteiger partial charge in [-0.05, 0) is 31.0 Å². The van der Waals surface area contributed by atoms with Crippen LogP contribution in [0.25, 0.3) is 5.65 Å². The second-order valence-corrected chi connectivity index (χ2v) is 4.91. The molecule has 5 nitrogen and oxygen atoms in total. The highest BCUT2D eigenvalue weighted by Crippen LogP contribution is 2.14. The van der Waals surface area contributed by atoms with E-state index in [2.05, 4.69) is 27.5 Å². The Morgan fingerprint density at radius 2 is 2.14 bits per heavy atom. The van der Waals surface area contributed by atoms with E-state index in [4.69, 9.17) is 4.74 Å². The van der Waals surface area contributed by atoms with E-state index < -0.39 is 0 Å². The molecule has 0 aliphatic heterocycles. The van der Waals surface area contributed by atoms with Crippen molar-refractivity contribution in [3.63, 3.8) is 0 Å². The minimum Gasteiger partial charge on any atom is -0.497 e. The molecule has 0 aliphatic rings. The largest absolute Gasteiger partial charge is 0.497 e. The number of hydrogen-bond donors (Lipinski definition) is 1. The van der Waals surface area contributed by atoms with Crippen molar-refractivity contribution in [2.45, 2.75) is 13.3 Å². The Labute approximate surface area is 123 Å². The molecule has 0 radical (unpaired) electrons. The second kappa shape index (κ2) is 5.83. The minimum absolute atomic E-state index is 0.825. The Kier molecular flexibility index (Phi) is 3.73. The fourth-order valence-electron chi connectivity index (χ4n) is 2.33. The van der Waals surface area contributed by atoms with Crippen LogP contribution in [0.15, 0.2) is 42.6 Å². The van der Waals surface area contributed by atoms with Crippen molar-refractivity contribution in [1.29, 1.82) is 0 Å². The van der Waals surface area contributed by atoms with Gasteiger partial charge in [0.05, 0.1) is 13.3 Å². The van der Waals surface area contributed by atoms with Crippen molar-refractivity contribution in [1.82, 2.24) is 14.6 Å². The first-order valence-corrected chi connectivity index (χ1v) is 6.94. The first-order valence-electron chi connectivity index (χ1n) is 6.94. The number of methoxy groups -OCH3 is 1. The fourth-order valence-corrected chi connectivity index (χ4v) is 2.33. The molecule has 2 aromatic heterocycles. The molecular formula is C16H18N4O. The predicted molar refractivity (Wildman–Crippen MR) is 82.9 cm³/mol. The highest BCUT2D eigenvalue weighted by atomic mass is 16.5. The molecule has 3 rings (SSSR count). The highest BCUT2D eigenvalue weighted by Gasteiger charge is 2.04. The summed E-state index contributed by atoms with van der Waals surface area (Å²) in [5.41, 5.74) is 3.08. The Hall–Kier alpha value is -2.56. The molecule has 21 heavy (non-hydrogen) atoms. The van der Waals surface area contributed by atoms with Crippen molar-refractivity contribution >= 4 is 11.5 Å². The predicted octanol–water partition coefficient (Wildman–Crippen LogP) is 2.70. The molecule has 1 N–H and O–H groups in total. The van der Waals surface area contributed by atoms with Gasteiger partial charge in [-0.1, -0.05) is 12.1 Å². The van der Waals surface area contributed by atoms with E-state index in [-0.39, 0.29) is 0 Å². The average Bonchev–Trinajstić information content (AvgIpc) is 2.95. The van der Waals surface area contributed by atoms with Gasteiger partial charge in [0.2, 0.25) is 0 Å². The molecule has 0 bridgehead atoms. The van der Waals surface area contributed by atoms with Crippen molar-refractivity contribution < 1.29 is 4.74 Å². The summed E-state index contributed by atoms with van der Waals surface area (Å²) in [5.74, 6) is 1.85. The highest BCUT2D eigenvalue weighted by molar-refractivity contribution is 5.48. The molecule has 0 saturated heterocycles. The third-order valence-corrected chi connectivity index (χ3v) is 3.34. The SMILES string of the molecule is COc1cccc(CCNc2cc(C)nc3ccnn23)c1. The van der Waals surface area contributed by atoms with Crippen LogP contribution in [0, 0.1) is 6.92 Å². The van der Waals surface area contributed by atoms with Crippen LogP contribution < -0.4 is 10.1 Å². The lowest BCUT2D eigenvalue weighted by Crippen LogP contribution is -2.10. The van der Waals surface area contributed by atoms with Gasteiger partial charge in [-0.2, -0.15) is 9.61 Å². The summed E-state index contributed by atoms with van der Waals surface area (Å²) in [4.78, 5) is 4.43. The van der Waals surface area contributed by atoms with Gasteiger partial charge in [0, 0.05) is 24.4 Å². The van der Waals surface area contributed by atoms with Gasteiger partial charge in [-0.25, -0.2) is 4.98 Å². The van der Waals surface area contributed by atoms with Crippen LogP contribution in [-0.4, -0.2) is 28.3 Å². The van der Waals surface area contributed by atoms with Gasteiger partial charge in [-0.15, -0.1) is 0 Å². The van der Waals surface area contributed by atoms with Gasteiger partial charge in [-0.3, -0.25) is 0 Å². The molecule has 0 fully saturated rings. The Morgan fingerprint density at radius 1 is 1.24 bits per heavy atom. The molecule has 108 valence electrons. The maximum Gasteiger partial charge on any atom is 0.157 e. The molecular weight excluding hydrogens is 264 g/mol. The number of nitrogens with zero attached hydrogens (tertiary/aromatic N) is 3. The van der Waals surface area contributed by atoms with Gasteiger partial charge in [0.1, 0.15) is 11.6 Å². The first kappa shape index (κ1) is 13.4. The van der Waals surface area contributed by atoms with E-state index in [1.807, 2.05) is 35.7 Å². The fraction of sp³-hybridized carbons (Fsp3) is 0.250. The van der Waals surface area contributed by atoms with E-state index in [0.717, 1.165) is 35.9 Å². The number of ether oxygens (including phenoxy) is 1. The molecule has 0 aliphatic carbocycles. The number of rotatable bonds is 5. The molecule has 3 aromatic rings. The number of fused-ring (bicyclic) bond motifs is 1. The first-order chi connectivity index (χ1) is 10.3. The average molecular weight is 282 g/mol. The van der Waals surface area contributed by atoms with Crippen molar-refractivity contribution in [2.24, 2.45) is 0 Å². The third-order valence-electron chi connectivity index (χ3n) is 3.34. The van der Waals surface area contributed by atoms with Gasteiger partial charge in [0.15, 0.2) is 5.65 Å². The monoisotopic (exact) mass is 282 g/mol. The van der Waals surface area contributed by atoms with E-state index in [0.29, 0.717) is 0 Å². The summed E-state index contributed by atoms with van der Waals surface area (Å²) in [5, 5.41) is 7.70. The van der Waals surface area contributed by atoms with Crippen LogP contribution in [0.1, 0.15) is 11.3 Å². The maximum atomic E-state index is 5.24. The number of aromatic nitrogens is 3. The van der Waals surface area contributed by atoms with Crippen LogP contribution in [0.2, 0.25) is 0 Å². The maximum absolute atomic E-state index is 5.24. The van der Waals surface area contributed by atoms with Gasteiger partial charge < -0.3 is 10.1 Å². The van der Waals surface area contributed by atoms with E-state index in [9.17, 15) is 0 Å². The van der Waals surface area contributed by atoms with Crippen LogP contribution in [0.3, 0.4) is 0 Å². The minimum atomic E-state index is 0.825. The molecule has 5 heteroatoms. The molecule has 0 spiro atoms. The number of nitrogens with one attached hydrogen (secondary N) is 1. The Morgan fingerprint density at radius 3 is 3.00 bits per heavy atom. The van der Waals surface area contributed by atoms with Crippen molar-refractivity contribution in [3.8, 4) is 5.75 Å². The van der Waals surface area contributed by atoms with Gasteiger partial charge in [0.25, 0.3) is 0 Å². The zero-order valence-corrected chi connectivity index (χ0v) is 12.2. The number of aryl methyl sites for hydroxylation is 1. The summed E-state index contributed by atoms with van der Waals surface area (Å²) in [6, 6.07) is 12.0. The van der Waals surface area contributed by atoms with E-state index in [1.54, 1.807) is 13.3 Å². The summed E-state index contributed by atoms with van der Waals surface area (Å²) < 4.78 is 7.06. The summed E-state index contributed by atoms with van der Waals surface area (Å²) >= 11 is 0. The van der Waals surface area contributed by atoms with Gasteiger partial charge >= 0.3 is 0 Å². The summed E-state index contributed by atoms with van der Waals surface area (Å²) in [7, 11) is 1.69. The number of anilines is 1. The number of benzene rings is 1. The van der Waals surface area contributed by atoms with Crippen molar-refractivity contribution in [2.75, 3.05) is 19.0 Å². The molecule has 0 atom stereocenters. The zero-order chi connectivity index (χ0) is 14.7. The van der Waals surface area contributed by atoms with Crippen LogP contribution in [-0.2, 0) is 6.42 Å². The molecule has 1 aromatic carbocycles. The third kappa shape index (κ3) is 2.97. The zero-order valence-electron chi connectivity index (χ0n) is 12.2. The Bertz CT molecular complexity index is 751. The van der Waals surface area contributed by atoms with Crippen LogP contribution in [0.4, 0.5) is 5.82 Å². The second-order valence-electron chi connectivity index (χ2n) is 4.91. The lowest BCUT2D eigenvalue weighted by Gasteiger charge is -2.10. The summed E-state index contributed by atoms with van der Waals surface area (Å²) in [6.45, 7) is 2.81. The summed E-state index contributed by atoms with van der Waals surface area (Å²) in [6.07, 6.45) is 2.68. The molecule has 2 heterocycles. The number of hydrogen-bond acceptors (Lipinski definition) is 4. The quantitative estimate of drug-likeness (QED) is 0.781. The van der Waals surface area contributed by atoms with E-state index >= 15 is 0 Å². The topological polar surface area (TPSA) is 51.5 Å². The molecule has 0 saturated carbocycles. The van der Waals surface area contributed by atoms with Crippen LogP contribution >= 0.6 is 0 Å². The standard InChI is InChI=1S/C16H18N4O/c1-12-10-16(20-15(19-12)7-9-18-20)17-8-6-13-4-3-5-14(11-13)21-2/h3-5,7,9-11,17H,6,8H2,1-2H3. The lowest BCUT2D eigenvalue weighted by molar-refractivity contribution is 0.414. The Balaban J connectivity index is 1.70. The van der Waals surface area contributed by atoms with Crippen molar-refractivity contribution in [3.05, 3.63) is 53.9 Å². The smallest absolute Gasteiger partial charge is 0.157 e. The molecule has 0 unspecified atom stereocenters. The van der Waals surface area contributed by atoms with E-state index in [1.165, 1.54) is 5.56 Å². The molecule has 0 amide bonds. The normalized spacial score (nSPS) is 10.8.